The molecule has 0 fully saturated rings. The molecule has 7 heteroatoms. The van der Waals surface area contributed by atoms with Crippen molar-refractivity contribution in [3.63, 3.8) is 0 Å². The Morgan fingerprint density at radius 1 is 1.33 bits per heavy atom. The molecule has 0 bridgehead atoms. The zero-order valence-corrected chi connectivity index (χ0v) is 12.9. The fraction of sp³-hybridized carbons (Fsp3) is 0.500. The van der Waals surface area contributed by atoms with E-state index >= 15 is 0 Å². The Morgan fingerprint density at radius 2 is 2.00 bits per heavy atom. The second-order valence-electron chi connectivity index (χ2n) is 4.64. The zero-order chi connectivity index (χ0) is 16.0. The van der Waals surface area contributed by atoms with Crippen molar-refractivity contribution in [1.29, 1.82) is 0 Å². The molecule has 21 heavy (non-hydrogen) atoms. The number of carbonyl (C=O) groups is 1. The molecular weight excluding hydrogens is 300 g/mol. The summed E-state index contributed by atoms with van der Waals surface area (Å²) >= 11 is 5.99. The van der Waals surface area contributed by atoms with Crippen LogP contribution in [0.1, 0.15) is 24.2 Å². The highest BCUT2D eigenvalue weighted by molar-refractivity contribution is 6.32. The third-order valence-electron chi connectivity index (χ3n) is 2.52. The molecule has 0 amide bonds. The summed E-state index contributed by atoms with van der Waals surface area (Å²) in [5.74, 6) is -0.739. The van der Waals surface area contributed by atoms with E-state index in [0.717, 1.165) is 0 Å². The van der Waals surface area contributed by atoms with Crippen molar-refractivity contribution in [2.75, 3.05) is 20.3 Å². The van der Waals surface area contributed by atoms with Crippen LogP contribution in [0.25, 0.3) is 0 Å². The summed E-state index contributed by atoms with van der Waals surface area (Å²) < 4.78 is 15.7. The maximum atomic E-state index is 10.9. The second-order valence-corrected chi connectivity index (χ2v) is 5.05. The molecule has 2 N–H and O–H groups in total. The summed E-state index contributed by atoms with van der Waals surface area (Å²) in [6, 6.07) is 2.57. The molecule has 0 heterocycles. The number of halogens is 1. The molecule has 1 unspecified atom stereocenters. The van der Waals surface area contributed by atoms with Crippen molar-refractivity contribution in [2.45, 2.75) is 26.1 Å². The number of aliphatic hydroxyl groups is 1. The van der Waals surface area contributed by atoms with E-state index in [1.54, 1.807) is 0 Å². The molecule has 0 aromatic heterocycles. The average molecular weight is 319 g/mol. The van der Waals surface area contributed by atoms with Gasteiger partial charge in [0.15, 0.2) is 11.5 Å². The van der Waals surface area contributed by atoms with Crippen LogP contribution in [0.3, 0.4) is 0 Å². The van der Waals surface area contributed by atoms with E-state index < -0.39 is 12.1 Å². The van der Waals surface area contributed by atoms with E-state index in [-0.39, 0.29) is 41.4 Å². The number of aromatic carboxylic acids is 1. The van der Waals surface area contributed by atoms with Gasteiger partial charge >= 0.3 is 5.97 Å². The van der Waals surface area contributed by atoms with Crippen molar-refractivity contribution in [3.05, 3.63) is 22.7 Å². The molecular formula is C14H19ClO6. The maximum Gasteiger partial charge on any atom is 0.335 e. The minimum absolute atomic E-state index is 0.00658. The molecule has 0 spiro atoms. The standard InChI is InChI=1S/C14H19ClO6/c1-8(2)20-6-10(16)7-21-13-11(15)4-9(14(17)18)5-12(13)19-3/h4-5,8,10,16H,6-7H2,1-3H3,(H,17,18). The van der Waals surface area contributed by atoms with Crippen LogP contribution in [0.15, 0.2) is 12.1 Å². The maximum absolute atomic E-state index is 10.9. The normalized spacial score (nSPS) is 12.3. The highest BCUT2D eigenvalue weighted by Gasteiger charge is 2.17. The predicted octanol–water partition coefficient (Wildman–Crippen LogP) is 2.21. The lowest BCUT2D eigenvalue weighted by Gasteiger charge is -2.17. The second kappa shape index (κ2) is 8.07. The van der Waals surface area contributed by atoms with Crippen molar-refractivity contribution >= 4 is 17.6 Å². The van der Waals surface area contributed by atoms with Gasteiger partial charge in [-0.1, -0.05) is 11.6 Å². The molecule has 1 atom stereocenters. The quantitative estimate of drug-likeness (QED) is 0.764. The van der Waals surface area contributed by atoms with Gasteiger partial charge in [-0.2, -0.15) is 0 Å². The Bertz CT molecular complexity index is 489. The SMILES string of the molecule is COc1cc(C(=O)O)cc(Cl)c1OCC(O)COC(C)C. The molecule has 118 valence electrons. The van der Waals surface area contributed by atoms with Crippen molar-refractivity contribution in [1.82, 2.24) is 0 Å². The zero-order valence-electron chi connectivity index (χ0n) is 12.1. The molecule has 0 saturated heterocycles. The first-order chi connectivity index (χ1) is 9.85. The molecule has 0 aliphatic carbocycles. The van der Waals surface area contributed by atoms with Crippen LogP contribution >= 0.6 is 11.6 Å². The first kappa shape index (κ1) is 17.6. The number of methoxy groups -OCH3 is 1. The summed E-state index contributed by atoms with van der Waals surface area (Å²) in [7, 11) is 1.38. The Balaban J connectivity index is 2.76. The Morgan fingerprint density at radius 3 is 2.52 bits per heavy atom. The molecule has 0 aliphatic rings. The summed E-state index contributed by atoms with van der Waals surface area (Å²) in [5, 5.41) is 18.8. The monoisotopic (exact) mass is 318 g/mol. The minimum atomic E-state index is -1.12. The van der Waals surface area contributed by atoms with Gasteiger partial charge in [0, 0.05) is 0 Å². The number of hydrogen-bond donors (Lipinski definition) is 2. The van der Waals surface area contributed by atoms with E-state index in [1.165, 1.54) is 19.2 Å². The summed E-state index contributed by atoms with van der Waals surface area (Å²) in [6.45, 7) is 3.80. The number of hydrogen-bond acceptors (Lipinski definition) is 5. The van der Waals surface area contributed by atoms with Gasteiger partial charge in [0.25, 0.3) is 0 Å². The van der Waals surface area contributed by atoms with E-state index in [2.05, 4.69) is 0 Å². The first-order valence-corrected chi connectivity index (χ1v) is 6.76. The Labute approximate surface area is 128 Å². The first-order valence-electron chi connectivity index (χ1n) is 6.38. The van der Waals surface area contributed by atoms with Gasteiger partial charge in [-0.25, -0.2) is 4.79 Å². The number of rotatable bonds is 8. The van der Waals surface area contributed by atoms with Gasteiger partial charge in [-0.3, -0.25) is 0 Å². The number of ether oxygens (including phenoxy) is 3. The minimum Gasteiger partial charge on any atom is -0.493 e. The molecule has 0 saturated carbocycles. The predicted molar refractivity (Wildman–Crippen MR) is 77.6 cm³/mol. The van der Waals surface area contributed by atoms with Crippen LogP contribution in [0, 0.1) is 0 Å². The summed E-state index contributed by atoms with van der Waals surface area (Å²) in [6.07, 6.45) is -0.819. The third-order valence-corrected chi connectivity index (χ3v) is 2.80. The lowest BCUT2D eigenvalue weighted by Crippen LogP contribution is -2.25. The van der Waals surface area contributed by atoms with E-state index in [4.69, 9.17) is 30.9 Å². The molecule has 1 aromatic rings. The topological polar surface area (TPSA) is 85.2 Å². The highest BCUT2D eigenvalue weighted by atomic mass is 35.5. The molecule has 1 rings (SSSR count). The van der Waals surface area contributed by atoms with E-state index in [0.29, 0.717) is 0 Å². The molecule has 0 radical (unpaired) electrons. The van der Waals surface area contributed by atoms with Gasteiger partial charge in [0.1, 0.15) is 12.7 Å². The summed E-state index contributed by atoms with van der Waals surface area (Å²) in [5.41, 5.74) is -0.00658. The largest absolute Gasteiger partial charge is 0.493 e. The highest BCUT2D eigenvalue weighted by Crippen LogP contribution is 2.36. The number of benzene rings is 1. The molecule has 0 aliphatic heterocycles. The van der Waals surface area contributed by atoms with Crippen LogP contribution in [0.5, 0.6) is 11.5 Å². The van der Waals surface area contributed by atoms with Crippen LogP contribution in [-0.4, -0.2) is 48.7 Å². The van der Waals surface area contributed by atoms with Crippen LogP contribution in [0.4, 0.5) is 0 Å². The number of carboxylic acids is 1. The number of carboxylic acid groups (broad SMARTS) is 1. The lowest BCUT2D eigenvalue weighted by molar-refractivity contribution is -0.0125. The van der Waals surface area contributed by atoms with Crippen molar-refractivity contribution in [3.8, 4) is 11.5 Å². The van der Waals surface area contributed by atoms with Gasteiger partial charge in [-0.15, -0.1) is 0 Å². The smallest absolute Gasteiger partial charge is 0.335 e. The fourth-order valence-corrected chi connectivity index (χ4v) is 1.78. The van der Waals surface area contributed by atoms with Gasteiger partial charge in [0.05, 0.1) is 30.4 Å². The average Bonchev–Trinajstić information content (AvgIpc) is 2.42. The van der Waals surface area contributed by atoms with Crippen LogP contribution < -0.4 is 9.47 Å². The molecule has 6 nitrogen and oxygen atoms in total. The van der Waals surface area contributed by atoms with Gasteiger partial charge in [-0.05, 0) is 26.0 Å². The van der Waals surface area contributed by atoms with Crippen LogP contribution in [-0.2, 0) is 4.74 Å². The van der Waals surface area contributed by atoms with Crippen molar-refractivity contribution < 1.29 is 29.2 Å². The van der Waals surface area contributed by atoms with Gasteiger partial charge < -0.3 is 24.4 Å². The molecule has 1 aromatic carbocycles. The van der Waals surface area contributed by atoms with E-state index in [1.807, 2.05) is 13.8 Å². The Hall–Kier alpha value is -1.50. The Kier molecular flexibility index (Phi) is 6.74. The fourth-order valence-electron chi connectivity index (χ4n) is 1.51. The number of aliphatic hydroxyl groups excluding tert-OH is 1. The summed E-state index contributed by atoms with van der Waals surface area (Å²) in [4.78, 5) is 10.9. The van der Waals surface area contributed by atoms with Gasteiger partial charge in [0.2, 0.25) is 0 Å². The lowest BCUT2D eigenvalue weighted by atomic mass is 10.2. The van der Waals surface area contributed by atoms with E-state index in [9.17, 15) is 9.90 Å². The van der Waals surface area contributed by atoms with Crippen LogP contribution in [0.2, 0.25) is 5.02 Å². The third kappa shape index (κ3) is 5.41. The van der Waals surface area contributed by atoms with Crippen molar-refractivity contribution in [2.24, 2.45) is 0 Å².